The first-order valence-corrected chi connectivity index (χ1v) is 11.2. The van der Waals surface area contributed by atoms with E-state index in [1.54, 1.807) is 19.2 Å². The molecule has 1 aliphatic heterocycles. The fourth-order valence-electron chi connectivity index (χ4n) is 3.77. The van der Waals surface area contributed by atoms with Crippen molar-refractivity contribution in [3.8, 4) is 5.75 Å². The zero-order valence-electron chi connectivity index (χ0n) is 20.0. The maximum atomic E-state index is 13.5. The molecule has 0 bridgehead atoms. The van der Waals surface area contributed by atoms with Crippen LogP contribution in [0.1, 0.15) is 37.4 Å². The van der Waals surface area contributed by atoms with Crippen molar-refractivity contribution in [2.24, 2.45) is 5.10 Å². The summed E-state index contributed by atoms with van der Waals surface area (Å²) in [5, 5.41) is 8.83. The van der Waals surface area contributed by atoms with Crippen LogP contribution in [0.15, 0.2) is 53.6 Å². The Kier molecular flexibility index (Phi) is 8.59. The molecule has 0 aromatic heterocycles. The third-order valence-corrected chi connectivity index (χ3v) is 5.43. The predicted octanol–water partition coefficient (Wildman–Crippen LogP) is 3.58. The van der Waals surface area contributed by atoms with E-state index in [4.69, 9.17) is 9.47 Å². The predicted molar refractivity (Wildman–Crippen MR) is 127 cm³/mol. The van der Waals surface area contributed by atoms with Gasteiger partial charge in [0, 0.05) is 31.7 Å². The molecule has 3 amide bonds. The Bertz CT molecular complexity index is 1030. The molecule has 3 rings (SSSR count). The molecule has 2 aromatic rings. The van der Waals surface area contributed by atoms with E-state index >= 15 is 0 Å². The van der Waals surface area contributed by atoms with Gasteiger partial charge in [0.1, 0.15) is 18.1 Å². The quantitative estimate of drug-likeness (QED) is 0.607. The summed E-state index contributed by atoms with van der Waals surface area (Å²) in [6.45, 7) is 4.08. The van der Waals surface area contributed by atoms with Crippen molar-refractivity contribution < 1.29 is 23.5 Å². The highest BCUT2D eigenvalue weighted by atomic mass is 19.1. The first-order valence-electron chi connectivity index (χ1n) is 11.2. The van der Waals surface area contributed by atoms with Crippen LogP contribution >= 0.6 is 0 Å². The topological polar surface area (TPSA) is 83.5 Å². The largest absolute Gasteiger partial charge is 0.496 e. The van der Waals surface area contributed by atoms with Gasteiger partial charge in [-0.2, -0.15) is 5.10 Å². The van der Waals surface area contributed by atoms with E-state index < -0.39 is 6.04 Å². The summed E-state index contributed by atoms with van der Waals surface area (Å²) < 4.78 is 24.1. The molecule has 1 N–H and O–H groups in total. The number of hydrogen-bond donors (Lipinski definition) is 1. The number of urea groups is 1. The average molecular weight is 471 g/mol. The third-order valence-electron chi connectivity index (χ3n) is 5.43. The van der Waals surface area contributed by atoms with Crippen molar-refractivity contribution in [2.75, 3.05) is 33.9 Å². The van der Waals surface area contributed by atoms with E-state index in [1.807, 2.05) is 38.1 Å². The zero-order chi connectivity index (χ0) is 24.7. The lowest BCUT2D eigenvalue weighted by Crippen LogP contribution is -2.48. The molecule has 0 fully saturated rings. The van der Waals surface area contributed by atoms with Gasteiger partial charge in [0.2, 0.25) is 0 Å². The van der Waals surface area contributed by atoms with Crippen LogP contribution in [0.25, 0.3) is 0 Å². The van der Waals surface area contributed by atoms with Gasteiger partial charge in [0.25, 0.3) is 5.91 Å². The molecule has 1 aliphatic rings. The summed E-state index contributed by atoms with van der Waals surface area (Å²) >= 11 is 0. The van der Waals surface area contributed by atoms with Crippen LogP contribution in [0, 0.1) is 5.82 Å². The lowest BCUT2D eigenvalue weighted by Gasteiger charge is -2.28. The van der Waals surface area contributed by atoms with Gasteiger partial charge in [0.05, 0.1) is 25.5 Å². The summed E-state index contributed by atoms with van der Waals surface area (Å²) in [5.41, 5.74) is 2.18. The lowest BCUT2D eigenvalue weighted by atomic mass is 9.97. The van der Waals surface area contributed by atoms with Crippen LogP contribution in [0.5, 0.6) is 5.75 Å². The van der Waals surface area contributed by atoms with E-state index in [9.17, 15) is 14.0 Å². The molecule has 0 unspecified atom stereocenters. The number of halogens is 1. The number of nitrogens with zero attached hydrogens (tertiary/aromatic N) is 3. The highest BCUT2D eigenvalue weighted by molar-refractivity contribution is 6.03. The molecule has 8 nitrogen and oxygen atoms in total. The van der Waals surface area contributed by atoms with Gasteiger partial charge in [-0.15, -0.1) is 0 Å². The number of rotatable bonds is 9. The van der Waals surface area contributed by atoms with Crippen LogP contribution < -0.4 is 10.1 Å². The first kappa shape index (κ1) is 25.2. The monoisotopic (exact) mass is 470 g/mol. The number of nitrogens with one attached hydrogen (secondary N) is 1. The van der Waals surface area contributed by atoms with Crippen LogP contribution in [-0.2, 0) is 9.53 Å². The van der Waals surface area contributed by atoms with Crippen molar-refractivity contribution in [3.63, 3.8) is 0 Å². The number of carbonyl (C=O) groups is 2. The molecule has 0 spiro atoms. The summed E-state index contributed by atoms with van der Waals surface area (Å²) in [4.78, 5) is 27.6. The molecule has 182 valence electrons. The van der Waals surface area contributed by atoms with Crippen molar-refractivity contribution >= 4 is 17.6 Å². The summed E-state index contributed by atoms with van der Waals surface area (Å²) in [7, 11) is 3.11. The van der Waals surface area contributed by atoms with Gasteiger partial charge in [0.15, 0.2) is 0 Å². The molecular formula is C25H31FN4O4. The summed E-state index contributed by atoms with van der Waals surface area (Å²) in [6, 6.07) is 12.6. The van der Waals surface area contributed by atoms with Gasteiger partial charge in [-0.25, -0.2) is 14.2 Å². The fraction of sp³-hybridized carbons (Fsp3) is 0.400. The number of hydrogen-bond acceptors (Lipinski definition) is 5. The average Bonchev–Trinajstić information content (AvgIpc) is 3.27. The van der Waals surface area contributed by atoms with Crippen molar-refractivity contribution in [2.45, 2.75) is 32.4 Å². The van der Waals surface area contributed by atoms with Gasteiger partial charge in [-0.1, -0.05) is 30.3 Å². The molecule has 0 aliphatic carbocycles. The number of para-hydroxylation sites is 1. The SMILES string of the molecule is COCCN(CC(=O)N1N=C(c2ccc(F)cc2)C[C@@H]1c1ccccc1OC)C(=O)NC(C)C. The van der Waals surface area contributed by atoms with Crippen LogP contribution in [0.4, 0.5) is 9.18 Å². The first-order chi connectivity index (χ1) is 16.3. The molecule has 0 radical (unpaired) electrons. The lowest BCUT2D eigenvalue weighted by molar-refractivity contribution is -0.133. The molecule has 0 saturated carbocycles. The smallest absolute Gasteiger partial charge is 0.318 e. The highest BCUT2D eigenvalue weighted by Gasteiger charge is 2.35. The zero-order valence-corrected chi connectivity index (χ0v) is 20.0. The number of ether oxygens (including phenoxy) is 2. The summed E-state index contributed by atoms with van der Waals surface area (Å²) in [5.74, 6) is -0.0563. The second kappa shape index (κ2) is 11.6. The highest BCUT2D eigenvalue weighted by Crippen LogP contribution is 2.37. The minimum Gasteiger partial charge on any atom is -0.496 e. The van der Waals surface area contributed by atoms with E-state index in [0.29, 0.717) is 24.5 Å². The molecule has 1 atom stereocenters. The molecule has 0 saturated heterocycles. The van der Waals surface area contributed by atoms with Crippen LogP contribution in [0.3, 0.4) is 0 Å². The molecule has 2 aromatic carbocycles. The maximum absolute atomic E-state index is 13.5. The van der Waals surface area contributed by atoms with E-state index in [1.165, 1.54) is 29.2 Å². The second-order valence-corrected chi connectivity index (χ2v) is 8.27. The number of carbonyl (C=O) groups excluding carboxylic acids is 2. The Morgan fingerprint density at radius 1 is 1.18 bits per heavy atom. The minimum absolute atomic E-state index is 0.0798. The standard InChI is InChI=1S/C25H31FN4O4/c1-17(2)27-25(32)29(13-14-33-3)16-24(31)30-22(20-7-5-6-8-23(20)34-4)15-21(28-30)18-9-11-19(26)12-10-18/h5-12,17,22H,13-16H2,1-4H3,(H,27,32)/t22-/m1/s1. The maximum Gasteiger partial charge on any atom is 0.318 e. The van der Waals surface area contributed by atoms with Crippen molar-refractivity contribution in [3.05, 3.63) is 65.5 Å². The Morgan fingerprint density at radius 3 is 2.53 bits per heavy atom. The molecular weight excluding hydrogens is 439 g/mol. The molecule has 34 heavy (non-hydrogen) atoms. The normalized spacial score (nSPS) is 15.3. The van der Waals surface area contributed by atoms with Gasteiger partial charge in [-0.3, -0.25) is 4.79 Å². The fourth-order valence-corrected chi connectivity index (χ4v) is 3.77. The van der Waals surface area contributed by atoms with Gasteiger partial charge < -0.3 is 19.7 Å². The molecule has 9 heteroatoms. The van der Waals surface area contributed by atoms with Crippen LogP contribution in [0.2, 0.25) is 0 Å². The van der Waals surface area contributed by atoms with Gasteiger partial charge >= 0.3 is 6.03 Å². The van der Waals surface area contributed by atoms with E-state index in [-0.39, 0.29) is 36.9 Å². The number of methoxy groups -OCH3 is 2. The Morgan fingerprint density at radius 2 is 1.88 bits per heavy atom. The summed E-state index contributed by atoms with van der Waals surface area (Å²) in [6.07, 6.45) is 0.425. The Labute approximate surface area is 199 Å². The van der Waals surface area contributed by atoms with Crippen molar-refractivity contribution in [1.82, 2.24) is 15.2 Å². The minimum atomic E-state index is -0.430. The number of amides is 3. The third kappa shape index (κ3) is 6.11. The van der Waals surface area contributed by atoms with Gasteiger partial charge in [-0.05, 0) is 37.6 Å². The van der Waals surface area contributed by atoms with Crippen molar-refractivity contribution in [1.29, 1.82) is 0 Å². The number of hydrazone groups is 1. The van der Waals surface area contributed by atoms with Crippen LogP contribution in [-0.4, -0.2) is 67.5 Å². The molecule has 1 heterocycles. The number of benzene rings is 2. The Balaban J connectivity index is 1.92. The van der Waals surface area contributed by atoms with E-state index in [2.05, 4.69) is 10.4 Å². The van der Waals surface area contributed by atoms with E-state index in [0.717, 1.165) is 11.1 Å². The Hall–Kier alpha value is -3.46. The second-order valence-electron chi connectivity index (χ2n) is 8.27.